The molecule has 0 radical (unpaired) electrons. The highest BCUT2D eigenvalue weighted by atomic mass is 79.9. The fourth-order valence-corrected chi connectivity index (χ4v) is 3.69. The van der Waals surface area contributed by atoms with Gasteiger partial charge in [-0.05, 0) is 88.8 Å². The van der Waals surface area contributed by atoms with Gasteiger partial charge in [0.1, 0.15) is 5.75 Å². The van der Waals surface area contributed by atoms with Crippen LogP contribution in [0.15, 0.2) is 71.2 Å². The van der Waals surface area contributed by atoms with Crippen LogP contribution < -0.4 is 15.4 Å². The number of benzene rings is 3. The van der Waals surface area contributed by atoms with Crippen LogP contribution in [0.3, 0.4) is 0 Å². The molecule has 166 valence electrons. The lowest BCUT2D eigenvalue weighted by molar-refractivity contribution is -0.118. The second-order valence-corrected chi connectivity index (χ2v) is 8.54. The summed E-state index contributed by atoms with van der Waals surface area (Å²) in [6.45, 7) is 6.10. The van der Waals surface area contributed by atoms with Crippen molar-refractivity contribution in [1.29, 1.82) is 0 Å². The van der Waals surface area contributed by atoms with E-state index >= 15 is 0 Å². The van der Waals surface area contributed by atoms with Crippen molar-refractivity contribution in [1.82, 2.24) is 0 Å². The molecule has 2 N–H and O–H groups in total. The number of halogens is 1. The van der Waals surface area contributed by atoms with Crippen LogP contribution in [-0.2, 0) is 4.79 Å². The van der Waals surface area contributed by atoms with Crippen molar-refractivity contribution in [3.63, 3.8) is 0 Å². The first-order valence-electron chi connectivity index (χ1n) is 10.6. The Hall–Kier alpha value is -3.12. The van der Waals surface area contributed by atoms with Gasteiger partial charge in [-0.2, -0.15) is 0 Å². The molecule has 0 spiro atoms. The second kappa shape index (κ2) is 11.0. The van der Waals surface area contributed by atoms with Crippen molar-refractivity contribution >= 4 is 39.1 Å². The molecule has 0 fully saturated rings. The summed E-state index contributed by atoms with van der Waals surface area (Å²) in [7, 11) is 0. The maximum atomic E-state index is 12.4. The second-order valence-electron chi connectivity index (χ2n) is 7.69. The Labute approximate surface area is 197 Å². The van der Waals surface area contributed by atoms with Gasteiger partial charge in [-0.1, -0.05) is 38.1 Å². The first kappa shape index (κ1) is 23.5. The summed E-state index contributed by atoms with van der Waals surface area (Å²) in [6.07, 6.45) is 1.06. The lowest BCUT2D eigenvalue weighted by Crippen LogP contribution is -2.20. The van der Waals surface area contributed by atoms with E-state index in [1.54, 1.807) is 24.3 Å². The van der Waals surface area contributed by atoms with E-state index in [-0.39, 0.29) is 18.4 Å². The third kappa shape index (κ3) is 6.20. The predicted octanol–water partition coefficient (Wildman–Crippen LogP) is 6.54. The van der Waals surface area contributed by atoms with Gasteiger partial charge in [-0.3, -0.25) is 9.59 Å². The molecule has 2 amide bonds. The number of nitrogens with one attached hydrogen (secondary N) is 2. The topological polar surface area (TPSA) is 67.4 Å². The average Bonchev–Trinajstić information content (AvgIpc) is 2.80. The van der Waals surface area contributed by atoms with Crippen molar-refractivity contribution in [2.75, 3.05) is 17.2 Å². The normalized spacial score (nSPS) is 11.5. The molecule has 1 unspecified atom stereocenters. The largest absolute Gasteiger partial charge is 0.483 e. The van der Waals surface area contributed by atoms with E-state index < -0.39 is 0 Å². The first-order chi connectivity index (χ1) is 15.4. The quantitative estimate of drug-likeness (QED) is 0.373. The van der Waals surface area contributed by atoms with Crippen LogP contribution in [0.5, 0.6) is 5.75 Å². The molecule has 3 aromatic carbocycles. The Balaban J connectivity index is 1.56. The van der Waals surface area contributed by atoms with Crippen molar-refractivity contribution in [3.05, 3.63) is 87.9 Å². The van der Waals surface area contributed by atoms with Crippen LogP contribution in [0.25, 0.3) is 0 Å². The Morgan fingerprint density at radius 2 is 1.75 bits per heavy atom. The number of rotatable bonds is 8. The molecule has 0 aromatic heterocycles. The summed E-state index contributed by atoms with van der Waals surface area (Å²) in [5.74, 6) is 0.655. The highest BCUT2D eigenvalue weighted by Crippen LogP contribution is 2.30. The highest BCUT2D eigenvalue weighted by molar-refractivity contribution is 9.10. The summed E-state index contributed by atoms with van der Waals surface area (Å²) in [5, 5.41) is 5.73. The number of ether oxygens (including phenoxy) is 1. The van der Waals surface area contributed by atoms with Gasteiger partial charge in [0, 0.05) is 16.9 Å². The number of anilines is 2. The van der Waals surface area contributed by atoms with Gasteiger partial charge in [0.25, 0.3) is 11.8 Å². The summed E-state index contributed by atoms with van der Waals surface area (Å²) >= 11 is 3.52. The molecule has 0 bridgehead atoms. The zero-order valence-electron chi connectivity index (χ0n) is 18.4. The molecule has 0 saturated heterocycles. The number of carbonyl (C=O) groups is 2. The van der Waals surface area contributed by atoms with Gasteiger partial charge in [0.2, 0.25) is 0 Å². The molecule has 0 heterocycles. The molecule has 0 aliphatic rings. The molecular formula is C26H27BrN2O3. The summed E-state index contributed by atoms with van der Waals surface area (Å²) in [6, 6.07) is 20.3. The zero-order valence-corrected chi connectivity index (χ0v) is 20.0. The highest BCUT2D eigenvalue weighted by Gasteiger charge is 2.11. The van der Waals surface area contributed by atoms with E-state index in [4.69, 9.17) is 4.74 Å². The van der Waals surface area contributed by atoms with Crippen LogP contribution in [-0.4, -0.2) is 18.4 Å². The van der Waals surface area contributed by atoms with E-state index in [1.807, 2.05) is 49.4 Å². The number of carbonyl (C=O) groups excluding carboxylic acids is 2. The van der Waals surface area contributed by atoms with E-state index in [2.05, 4.69) is 40.4 Å². The number of hydrogen-bond acceptors (Lipinski definition) is 3. The third-order valence-electron chi connectivity index (χ3n) is 5.29. The molecule has 1 atom stereocenters. The molecule has 3 aromatic rings. The standard InChI is InChI=1S/C26H27BrN2O3/c1-4-17(2)20-10-13-24(22(27)15-20)32-16-25(30)28-21-11-12-23(18(3)14-21)29-26(31)19-8-6-5-7-9-19/h5-15,17H,4,16H2,1-3H3,(H,28,30)(H,29,31). The zero-order chi connectivity index (χ0) is 23.1. The van der Waals surface area contributed by atoms with Crippen LogP contribution in [0.4, 0.5) is 11.4 Å². The summed E-state index contributed by atoms with van der Waals surface area (Å²) < 4.78 is 6.51. The molecule has 0 aliphatic heterocycles. The maximum Gasteiger partial charge on any atom is 0.262 e. The molecule has 0 aliphatic carbocycles. The molecular weight excluding hydrogens is 468 g/mol. The van der Waals surface area contributed by atoms with Gasteiger partial charge < -0.3 is 15.4 Å². The fraction of sp³-hybridized carbons (Fsp3) is 0.231. The SMILES string of the molecule is CCC(C)c1ccc(OCC(=O)Nc2ccc(NC(=O)c3ccccc3)c(C)c2)c(Br)c1. The van der Waals surface area contributed by atoms with Gasteiger partial charge >= 0.3 is 0 Å². The van der Waals surface area contributed by atoms with Gasteiger partial charge in [-0.25, -0.2) is 0 Å². The van der Waals surface area contributed by atoms with Gasteiger partial charge in [0.05, 0.1) is 4.47 Å². The minimum absolute atomic E-state index is 0.104. The van der Waals surface area contributed by atoms with Gasteiger partial charge in [-0.15, -0.1) is 0 Å². The van der Waals surface area contributed by atoms with E-state index in [1.165, 1.54) is 5.56 Å². The van der Waals surface area contributed by atoms with Crippen molar-refractivity contribution in [3.8, 4) is 5.75 Å². The molecule has 32 heavy (non-hydrogen) atoms. The lowest BCUT2D eigenvalue weighted by Gasteiger charge is -2.14. The van der Waals surface area contributed by atoms with Crippen molar-refractivity contribution < 1.29 is 14.3 Å². The number of hydrogen-bond donors (Lipinski definition) is 2. The van der Waals surface area contributed by atoms with Gasteiger partial charge in [0.15, 0.2) is 6.61 Å². The Morgan fingerprint density at radius 1 is 1.00 bits per heavy atom. The maximum absolute atomic E-state index is 12.4. The smallest absolute Gasteiger partial charge is 0.262 e. The summed E-state index contributed by atoms with van der Waals surface area (Å²) in [5.41, 5.74) is 3.99. The fourth-order valence-electron chi connectivity index (χ4n) is 3.18. The molecule has 0 saturated carbocycles. The van der Waals surface area contributed by atoms with E-state index in [9.17, 15) is 9.59 Å². The monoisotopic (exact) mass is 494 g/mol. The van der Waals surface area contributed by atoms with Crippen LogP contribution in [0.1, 0.15) is 47.7 Å². The first-order valence-corrected chi connectivity index (χ1v) is 11.4. The molecule has 6 heteroatoms. The molecule has 5 nitrogen and oxygen atoms in total. The Kier molecular flexibility index (Phi) is 8.06. The summed E-state index contributed by atoms with van der Waals surface area (Å²) in [4.78, 5) is 24.7. The Morgan fingerprint density at radius 3 is 2.41 bits per heavy atom. The van der Waals surface area contributed by atoms with Crippen molar-refractivity contribution in [2.45, 2.75) is 33.1 Å². The minimum Gasteiger partial charge on any atom is -0.483 e. The van der Waals surface area contributed by atoms with Crippen LogP contribution in [0.2, 0.25) is 0 Å². The van der Waals surface area contributed by atoms with E-state index in [0.29, 0.717) is 28.6 Å². The molecule has 3 rings (SSSR count). The third-order valence-corrected chi connectivity index (χ3v) is 5.91. The van der Waals surface area contributed by atoms with Crippen molar-refractivity contribution in [2.24, 2.45) is 0 Å². The Bertz CT molecular complexity index is 1100. The van der Waals surface area contributed by atoms with Crippen LogP contribution >= 0.6 is 15.9 Å². The average molecular weight is 495 g/mol. The van der Waals surface area contributed by atoms with Crippen LogP contribution in [0, 0.1) is 6.92 Å². The predicted molar refractivity (Wildman–Crippen MR) is 133 cm³/mol. The number of aryl methyl sites for hydroxylation is 1. The minimum atomic E-state index is -0.261. The lowest BCUT2D eigenvalue weighted by atomic mass is 9.99. The van der Waals surface area contributed by atoms with E-state index in [0.717, 1.165) is 16.5 Å². The number of amides is 2.